The van der Waals surface area contributed by atoms with Crippen LogP contribution < -0.4 is 5.32 Å². The van der Waals surface area contributed by atoms with E-state index in [1.54, 1.807) is 32.0 Å². The number of sulfone groups is 1. The van der Waals surface area contributed by atoms with Gasteiger partial charge >= 0.3 is 5.51 Å². The van der Waals surface area contributed by atoms with Crippen LogP contribution in [-0.4, -0.2) is 40.0 Å². The first-order chi connectivity index (χ1) is 11.2. The summed E-state index contributed by atoms with van der Waals surface area (Å²) in [5.41, 5.74) is -5.25. The average Bonchev–Trinajstić information content (AvgIpc) is 2.51. The predicted molar refractivity (Wildman–Crippen MR) is 84.4 cm³/mol. The quantitative estimate of drug-likeness (QED) is 0.680. The summed E-state index contributed by atoms with van der Waals surface area (Å²) in [4.78, 5) is 0. The molecule has 0 spiro atoms. The standard InChI is InChI=1S/C15H20F3NO4S/c1-3-22-14(23-4-2)10-19-13(12-8-6-5-7-9-12)11-24(20,21)15(16,17)18/h5-9,11,14,19H,3-4,10H2,1-2H3. The molecule has 5 nitrogen and oxygen atoms in total. The van der Waals surface area contributed by atoms with Crippen molar-refractivity contribution < 1.29 is 31.1 Å². The second-order valence-corrected chi connectivity index (χ2v) is 6.40. The van der Waals surface area contributed by atoms with E-state index in [-0.39, 0.29) is 17.6 Å². The molecule has 0 unspecified atom stereocenters. The zero-order chi connectivity index (χ0) is 18.2. The van der Waals surface area contributed by atoms with Crippen molar-refractivity contribution in [2.75, 3.05) is 19.8 Å². The minimum absolute atomic E-state index is 0.00418. The number of nitrogens with one attached hydrogen (secondary N) is 1. The molecule has 24 heavy (non-hydrogen) atoms. The minimum Gasteiger partial charge on any atom is -0.379 e. The third kappa shape index (κ3) is 6.14. The SMILES string of the molecule is CCOC(CNC(=CS(=O)(=O)C(F)(F)F)c1ccccc1)OCC. The van der Waals surface area contributed by atoms with Crippen LogP contribution in [-0.2, 0) is 19.3 Å². The van der Waals surface area contributed by atoms with Gasteiger partial charge in [0, 0.05) is 13.2 Å². The number of halogens is 3. The van der Waals surface area contributed by atoms with E-state index in [0.717, 1.165) is 0 Å². The van der Waals surface area contributed by atoms with Gasteiger partial charge in [-0.15, -0.1) is 0 Å². The fourth-order valence-electron chi connectivity index (χ4n) is 1.78. The van der Waals surface area contributed by atoms with Crippen LogP contribution in [0.3, 0.4) is 0 Å². The van der Waals surface area contributed by atoms with Gasteiger partial charge in [0.25, 0.3) is 9.84 Å². The normalized spacial score (nSPS) is 13.3. The van der Waals surface area contributed by atoms with Crippen molar-refractivity contribution >= 4 is 15.5 Å². The molecule has 136 valence electrons. The molecule has 0 heterocycles. The number of hydrogen-bond donors (Lipinski definition) is 1. The topological polar surface area (TPSA) is 64.6 Å². The molecule has 0 aliphatic heterocycles. The molecule has 1 N–H and O–H groups in total. The molecule has 0 bridgehead atoms. The van der Waals surface area contributed by atoms with E-state index in [0.29, 0.717) is 18.8 Å². The number of rotatable bonds is 9. The van der Waals surface area contributed by atoms with Gasteiger partial charge < -0.3 is 14.8 Å². The van der Waals surface area contributed by atoms with Gasteiger partial charge in [0.2, 0.25) is 0 Å². The fourth-order valence-corrected chi connectivity index (χ4v) is 2.45. The highest BCUT2D eigenvalue weighted by Crippen LogP contribution is 2.27. The lowest BCUT2D eigenvalue weighted by Gasteiger charge is -2.20. The average molecular weight is 367 g/mol. The Morgan fingerprint density at radius 2 is 1.71 bits per heavy atom. The van der Waals surface area contributed by atoms with Gasteiger partial charge in [-0.1, -0.05) is 30.3 Å². The molecule has 0 radical (unpaired) electrons. The van der Waals surface area contributed by atoms with Crippen LogP contribution >= 0.6 is 0 Å². The Labute approximate surface area is 139 Å². The maximum atomic E-state index is 12.6. The highest BCUT2D eigenvalue weighted by molar-refractivity contribution is 7.95. The maximum Gasteiger partial charge on any atom is 0.501 e. The summed E-state index contributed by atoms with van der Waals surface area (Å²) in [6.45, 7) is 4.17. The van der Waals surface area contributed by atoms with Crippen LogP contribution in [0.2, 0.25) is 0 Å². The lowest BCUT2D eigenvalue weighted by atomic mass is 10.2. The van der Waals surface area contributed by atoms with Gasteiger partial charge in [0.05, 0.1) is 17.6 Å². The van der Waals surface area contributed by atoms with Crippen LogP contribution in [0, 0.1) is 0 Å². The van der Waals surface area contributed by atoms with Crippen molar-refractivity contribution in [3.05, 3.63) is 41.3 Å². The van der Waals surface area contributed by atoms with Crippen molar-refractivity contribution in [2.24, 2.45) is 0 Å². The van der Waals surface area contributed by atoms with Crippen molar-refractivity contribution in [1.29, 1.82) is 0 Å². The summed E-state index contributed by atoms with van der Waals surface area (Å²) in [7, 11) is -5.42. The van der Waals surface area contributed by atoms with Crippen LogP contribution in [0.25, 0.3) is 5.70 Å². The lowest BCUT2D eigenvalue weighted by Crippen LogP contribution is -2.31. The van der Waals surface area contributed by atoms with E-state index in [1.165, 1.54) is 12.1 Å². The lowest BCUT2D eigenvalue weighted by molar-refractivity contribution is -0.131. The second kappa shape index (κ2) is 9.05. The van der Waals surface area contributed by atoms with Gasteiger partial charge in [-0.25, -0.2) is 8.42 Å². The summed E-state index contributed by atoms with van der Waals surface area (Å²) < 4.78 is 71.3. The van der Waals surface area contributed by atoms with E-state index in [2.05, 4.69) is 5.32 Å². The molecule has 1 aromatic rings. The van der Waals surface area contributed by atoms with Gasteiger partial charge in [-0.2, -0.15) is 13.2 Å². The van der Waals surface area contributed by atoms with Crippen LogP contribution in [0.5, 0.6) is 0 Å². The molecule has 0 saturated carbocycles. The van der Waals surface area contributed by atoms with Gasteiger partial charge in [-0.3, -0.25) is 0 Å². The molecular formula is C15H20F3NO4S. The van der Waals surface area contributed by atoms with Gasteiger partial charge in [-0.05, 0) is 19.4 Å². The molecule has 0 aliphatic rings. The van der Waals surface area contributed by atoms with Gasteiger partial charge in [0.15, 0.2) is 6.29 Å². The van der Waals surface area contributed by atoms with Crippen molar-refractivity contribution in [3.63, 3.8) is 0 Å². The fraction of sp³-hybridized carbons (Fsp3) is 0.467. The molecule has 9 heteroatoms. The third-order valence-corrected chi connectivity index (χ3v) is 4.04. The largest absolute Gasteiger partial charge is 0.501 e. The number of ether oxygens (including phenoxy) is 2. The summed E-state index contributed by atoms with van der Waals surface area (Å²) in [5.74, 6) is 0. The predicted octanol–water partition coefficient (Wildman–Crippen LogP) is 2.91. The Kier molecular flexibility index (Phi) is 7.71. The zero-order valence-corrected chi connectivity index (χ0v) is 14.2. The smallest absolute Gasteiger partial charge is 0.379 e. The van der Waals surface area contributed by atoms with E-state index in [9.17, 15) is 21.6 Å². The first-order valence-electron chi connectivity index (χ1n) is 7.26. The van der Waals surface area contributed by atoms with Crippen LogP contribution in [0.15, 0.2) is 35.7 Å². The van der Waals surface area contributed by atoms with E-state index in [1.807, 2.05) is 0 Å². The number of benzene rings is 1. The van der Waals surface area contributed by atoms with Crippen LogP contribution in [0.1, 0.15) is 19.4 Å². The van der Waals surface area contributed by atoms with Crippen molar-refractivity contribution in [2.45, 2.75) is 25.6 Å². The van der Waals surface area contributed by atoms with E-state index in [4.69, 9.17) is 9.47 Å². The Bertz CT molecular complexity index is 624. The van der Waals surface area contributed by atoms with Crippen molar-refractivity contribution in [1.82, 2.24) is 5.32 Å². The molecule has 1 rings (SSSR count). The maximum absolute atomic E-state index is 12.6. The summed E-state index contributed by atoms with van der Waals surface area (Å²) >= 11 is 0. The Balaban J connectivity index is 3.08. The summed E-state index contributed by atoms with van der Waals surface area (Å²) in [5, 5.41) is 2.84. The van der Waals surface area contributed by atoms with E-state index >= 15 is 0 Å². The van der Waals surface area contributed by atoms with Crippen LogP contribution in [0.4, 0.5) is 13.2 Å². The highest BCUT2D eigenvalue weighted by atomic mass is 32.2. The van der Waals surface area contributed by atoms with E-state index < -0.39 is 21.6 Å². The molecule has 1 aromatic carbocycles. The molecule has 0 aromatic heterocycles. The highest BCUT2D eigenvalue weighted by Gasteiger charge is 2.44. The first kappa shape index (κ1) is 20.5. The molecule has 0 amide bonds. The number of alkyl halides is 3. The third-order valence-electron chi connectivity index (χ3n) is 2.84. The number of hydrogen-bond acceptors (Lipinski definition) is 5. The summed E-state index contributed by atoms with van der Waals surface area (Å²) in [6.07, 6.45) is -0.708. The monoisotopic (exact) mass is 367 g/mol. The molecule has 0 saturated heterocycles. The van der Waals surface area contributed by atoms with Gasteiger partial charge in [0.1, 0.15) is 0 Å². The molecular weight excluding hydrogens is 347 g/mol. The molecule has 0 fully saturated rings. The second-order valence-electron chi connectivity index (χ2n) is 4.61. The molecule has 0 atom stereocenters. The summed E-state index contributed by atoms with van der Waals surface area (Å²) in [6, 6.07) is 7.85. The Morgan fingerprint density at radius 3 is 2.17 bits per heavy atom. The first-order valence-corrected chi connectivity index (χ1v) is 8.81. The zero-order valence-electron chi connectivity index (χ0n) is 13.3. The molecule has 0 aliphatic carbocycles. The Morgan fingerprint density at radius 1 is 1.17 bits per heavy atom. The minimum atomic E-state index is -5.42. The van der Waals surface area contributed by atoms with Crippen molar-refractivity contribution in [3.8, 4) is 0 Å². The Hall–Kier alpha value is -1.58.